The maximum atomic E-state index is 11.4. The SMILES string of the molecule is CC(Nc1nc(=NC2CC2)n2nc/c(=C\c3[nH]c(=O)[nH]c3O)c2n1)c1ccc(Cl)cc1. The van der Waals surface area contributed by atoms with E-state index in [2.05, 4.69) is 35.3 Å². The highest BCUT2D eigenvalue weighted by Gasteiger charge is 2.21. The third-order valence-electron chi connectivity index (χ3n) is 4.97. The van der Waals surface area contributed by atoms with Crippen molar-refractivity contribution in [1.82, 2.24) is 29.5 Å². The van der Waals surface area contributed by atoms with Crippen LogP contribution in [0.3, 0.4) is 0 Å². The zero-order chi connectivity index (χ0) is 21.5. The first-order chi connectivity index (χ1) is 15.0. The number of rotatable bonds is 5. The van der Waals surface area contributed by atoms with Gasteiger partial charge in [-0.25, -0.2) is 9.79 Å². The van der Waals surface area contributed by atoms with Crippen LogP contribution in [0.1, 0.15) is 37.1 Å². The Bertz CT molecular complexity index is 1430. The van der Waals surface area contributed by atoms with E-state index in [1.165, 1.54) is 0 Å². The minimum absolute atomic E-state index is 0.0751. The van der Waals surface area contributed by atoms with Gasteiger partial charge < -0.3 is 15.4 Å². The first-order valence-corrected chi connectivity index (χ1v) is 10.2. The number of aromatic nitrogens is 6. The highest BCUT2D eigenvalue weighted by molar-refractivity contribution is 6.30. The van der Waals surface area contributed by atoms with Crippen LogP contribution in [0.4, 0.5) is 5.95 Å². The molecule has 11 heteroatoms. The number of hydrogen-bond acceptors (Lipinski definition) is 7. The molecule has 1 aliphatic rings. The van der Waals surface area contributed by atoms with Crippen molar-refractivity contribution in [3.8, 4) is 5.88 Å². The van der Waals surface area contributed by atoms with E-state index in [9.17, 15) is 9.90 Å². The van der Waals surface area contributed by atoms with Gasteiger partial charge in [0.25, 0.3) is 5.62 Å². The molecule has 31 heavy (non-hydrogen) atoms. The van der Waals surface area contributed by atoms with Crippen LogP contribution in [-0.4, -0.2) is 40.7 Å². The predicted octanol–water partition coefficient (Wildman–Crippen LogP) is 1.28. The fourth-order valence-electron chi connectivity index (χ4n) is 3.17. The van der Waals surface area contributed by atoms with Crippen LogP contribution in [0.5, 0.6) is 5.88 Å². The Labute approximate surface area is 180 Å². The van der Waals surface area contributed by atoms with Gasteiger partial charge in [0.2, 0.25) is 11.8 Å². The van der Waals surface area contributed by atoms with Crippen molar-refractivity contribution >= 4 is 29.3 Å². The fraction of sp³-hybridized carbons (Fsp3) is 0.250. The number of benzene rings is 1. The van der Waals surface area contributed by atoms with Crippen molar-refractivity contribution < 1.29 is 5.11 Å². The van der Waals surface area contributed by atoms with Gasteiger partial charge >= 0.3 is 5.69 Å². The summed E-state index contributed by atoms with van der Waals surface area (Å²) < 4.78 is 1.56. The van der Waals surface area contributed by atoms with Crippen molar-refractivity contribution in [1.29, 1.82) is 0 Å². The van der Waals surface area contributed by atoms with Gasteiger partial charge in [-0.2, -0.15) is 19.6 Å². The molecule has 1 aliphatic carbocycles. The Kier molecular flexibility index (Phi) is 4.70. The standard InChI is InChI=1S/C20H19ClN8O2/c1-10(11-2-4-13(21)5-3-11)23-18-26-16-12(8-15-17(30)27-20(31)25-15)9-22-29(16)19(28-18)24-14-6-7-14/h2-5,8-10,14,30H,6-7H2,1H3,(H,23,24,28)(H2,25,27,31)/b12-8+. The van der Waals surface area contributed by atoms with E-state index < -0.39 is 5.69 Å². The van der Waals surface area contributed by atoms with Crippen LogP contribution < -0.4 is 21.8 Å². The van der Waals surface area contributed by atoms with Gasteiger partial charge in [0.05, 0.1) is 18.3 Å². The van der Waals surface area contributed by atoms with E-state index in [1.807, 2.05) is 31.2 Å². The number of nitrogens with zero attached hydrogens (tertiary/aromatic N) is 5. The van der Waals surface area contributed by atoms with Crippen LogP contribution in [0.15, 0.2) is 40.2 Å². The molecule has 10 nitrogen and oxygen atoms in total. The van der Waals surface area contributed by atoms with Crippen LogP contribution in [-0.2, 0) is 0 Å². The van der Waals surface area contributed by atoms with E-state index in [1.54, 1.807) is 16.8 Å². The summed E-state index contributed by atoms with van der Waals surface area (Å²) in [4.78, 5) is 30.1. The van der Waals surface area contributed by atoms with Crippen LogP contribution in [0, 0.1) is 0 Å². The van der Waals surface area contributed by atoms with Gasteiger partial charge in [0, 0.05) is 10.2 Å². The number of hydrogen-bond donors (Lipinski definition) is 4. The molecule has 3 aromatic heterocycles. The van der Waals surface area contributed by atoms with E-state index in [0.717, 1.165) is 18.4 Å². The van der Waals surface area contributed by atoms with E-state index in [4.69, 9.17) is 11.6 Å². The molecule has 5 rings (SSSR count). The summed E-state index contributed by atoms with van der Waals surface area (Å²) in [6.07, 6.45) is 5.23. The minimum Gasteiger partial charge on any atom is -0.493 e. The lowest BCUT2D eigenvalue weighted by atomic mass is 10.1. The zero-order valence-corrected chi connectivity index (χ0v) is 17.3. The van der Waals surface area contributed by atoms with Crippen molar-refractivity contribution in [3.05, 3.63) is 68.1 Å². The molecule has 1 atom stereocenters. The maximum absolute atomic E-state index is 11.4. The van der Waals surface area contributed by atoms with Crippen LogP contribution in [0.25, 0.3) is 11.7 Å². The van der Waals surface area contributed by atoms with Crippen LogP contribution >= 0.6 is 11.6 Å². The Balaban J connectivity index is 1.61. The van der Waals surface area contributed by atoms with Gasteiger partial charge in [-0.1, -0.05) is 23.7 Å². The summed E-state index contributed by atoms with van der Waals surface area (Å²) in [7, 11) is 0. The Hall–Kier alpha value is -3.66. The number of H-pyrrole nitrogens is 2. The Morgan fingerprint density at radius 3 is 2.74 bits per heavy atom. The largest absolute Gasteiger partial charge is 0.493 e. The van der Waals surface area contributed by atoms with Crippen molar-refractivity contribution in [2.45, 2.75) is 31.8 Å². The monoisotopic (exact) mass is 438 g/mol. The quantitative estimate of drug-likeness (QED) is 0.370. The van der Waals surface area contributed by atoms with Gasteiger partial charge in [-0.3, -0.25) is 4.98 Å². The molecule has 4 aromatic rings. The molecule has 0 spiro atoms. The van der Waals surface area contributed by atoms with E-state index in [0.29, 0.717) is 27.5 Å². The molecule has 3 heterocycles. The first kappa shape index (κ1) is 19.3. The van der Waals surface area contributed by atoms with Gasteiger partial charge in [-0.15, -0.1) is 0 Å². The summed E-state index contributed by atoms with van der Waals surface area (Å²) in [6.45, 7) is 2.00. The van der Waals surface area contributed by atoms with Gasteiger partial charge in [0.1, 0.15) is 5.69 Å². The molecule has 1 aromatic carbocycles. The van der Waals surface area contributed by atoms with Gasteiger partial charge in [0.15, 0.2) is 5.65 Å². The molecule has 0 radical (unpaired) electrons. The molecule has 0 aliphatic heterocycles. The second-order valence-electron chi connectivity index (χ2n) is 7.45. The summed E-state index contributed by atoms with van der Waals surface area (Å²) in [5.74, 6) is 0.146. The molecular weight excluding hydrogens is 420 g/mol. The summed E-state index contributed by atoms with van der Waals surface area (Å²) in [5, 5.41) is 18.8. The van der Waals surface area contributed by atoms with E-state index >= 15 is 0 Å². The molecule has 1 fully saturated rings. The third kappa shape index (κ3) is 4.02. The summed E-state index contributed by atoms with van der Waals surface area (Å²) in [6, 6.07) is 7.71. The second-order valence-corrected chi connectivity index (χ2v) is 7.88. The van der Waals surface area contributed by atoms with Crippen molar-refractivity contribution in [2.24, 2.45) is 4.99 Å². The molecule has 0 bridgehead atoms. The molecule has 158 valence electrons. The number of imidazole rings is 1. The normalized spacial score (nSPS) is 16.2. The Morgan fingerprint density at radius 1 is 1.29 bits per heavy atom. The number of fused-ring (bicyclic) bond motifs is 1. The number of aromatic hydroxyl groups is 1. The van der Waals surface area contributed by atoms with Gasteiger partial charge in [-0.05, 0) is 43.5 Å². The molecular formula is C20H19ClN8O2. The summed E-state index contributed by atoms with van der Waals surface area (Å²) in [5.41, 5.74) is 1.72. The molecule has 0 saturated heterocycles. The summed E-state index contributed by atoms with van der Waals surface area (Å²) >= 11 is 5.99. The first-order valence-electron chi connectivity index (χ1n) is 9.81. The van der Waals surface area contributed by atoms with Crippen LogP contribution in [0.2, 0.25) is 5.02 Å². The molecule has 4 N–H and O–H groups in total. The lowest BCUT2D eigenvalue weighted by Crippen LogP contribution is -2.25. The fourth-order valence-corrected chi connectivity index (χ4v) is 3.30. The smallest absolute Gasteiger partial charge is 0.326 e. The Morgan fingerprint density at radius 2 is 2.06 bits per heavy atom. The van der Waals surface area contributed by atoms with E-state index in [-0.39, 0.29) is 23.7 Å². The predicted molar refractivity (Wildman–Crippen MR) is 115 cm³/mol. The van der Waals surface area contributed by atoms with Crippen molar-refractivity contribution in [2.75, 3.05) is 5.32 Å². The molecule has 1 unspecified atom stereocenters. The number of nitrogens with one attached hydrogen (secondary N) is 3. The third-order valence-corrected chi connectivity index (χ3v) is 5.23. The minimum atomic E-state index is -0.501. The lowest BCUT2D eigenvalue weighted by Gasteiger charge is -2.14. The average Bonchev–Trinajstić information content (AvgIpc) is 3.37. The lowest BCUT2D eigenvalue weighted by molar-refractivity contribution is 0.454. The average molecular weight is 439 g/mol. The second kappa shape index (κ2) is 7.55. The molecule has 0 amide bonds. The maximum Gasteiger partial charge on any atom is 0.326 e. The molecule has 1 saturated carbocycles. The number of halogens is 1. The number of aromatic amines is 2. The topological polar surface area (TPSA) is 136 Å². The number of anilines is 1. The highest BCUT2D eigenvalue weighted by atomic mass is 35.5. The zero-order valence-electron chi connectivity index (χ0n) is 16.5. The highest BCUT2D eigenvalue weighted by Crippen LogP contribution is 2.22. The van der Waals surface area contributed by atoms with Crippen molar-refractivity contribution in [3.63, 3.8) is 0 Å².